The third-order valence-electron chi connectivity index (χ3n) is 9.85. The van der Waals surface area contributed by atoms with E-state index in [1.54, 1.807) is 16.7 Å². The van der Waals surface area contributed by atoms with Crippen molar-refractivity contribution in [2.45, 2.75) is 68.2 Å². The number of benzene rings is 2. The second-order valence-corrected chi connectivity index (χ2v) is 13.5. The average Bonchev–Trinajstić information content (AvgIpc) is 3.62. The van der Waals surface area contributed by atoms with Crippen LogP contribution >= 0.6 is 23.4 Å². The number of carbonyl (C=O) groups excluding carboxylic acids is 3. The van der Waals surface area contributed by atoms with Crippen molar-refractivity contribution < 1.29 is 19.1 Å². The Morgan fingerprint density at radius 1 is 1.12 bits per heavy atom. The van der Waals surface area contributed by atoms with E-state index in [-0.39, 0.29) is 23.8 Å². The van der Waals surface area contributed by atoms with Crippen molar-refractivity contribution in [2.24, 2.45) is 23.7 Å². The molecule has 7 nitrogen and oxygen atoms in total. The molecule has 6 rings (SSSR count). The highest BCUT2D eigenvalue weighted by Gasteiger charge is 2.72. The van der Waals surface area contributed by atoms with Crippen LogP contribution in [0.2, 0.25) is 5.02 Å². The van der Waals surface area contributed by atoms with Crippen molar-refractivity contribution >= 4 is 46.8 Å². The van der Waals surface area contributed by atoms with E-state index >= 15 is 0 Å². The zero-order chi connectivity index (χ0) is 29.6. The summed E-state index contributed by atoms with van der Waals surface area (Å²) in [5.41, 5.74) is 0.505. The number of anilines is 1. The maximum absolute atomic E-state index is 14.3. The lowest BCUT2D eigenvalue weighted by molar-refractivity contribution is -0.141. The molecule has 1 saturated carbocycles. The second-order valence-electron chi connectivity index (χ2n) is 12.2. The molecule has 1 spiro atoms. The van der Waals surface area contributed by atoms with Crippen molar-refractivity contribution in [3.63, 3.8) is 0 Å². The minimum atomic E-state index is -1.18. The van der Waals surface area contributed by atoms with Crippen LogP contribution in [-0.4, -0.2) is 59.2 Å². The van der Waals surface area contributed by atoms with Gasteiger partial charge in [0.15, 0.2) is 0 Å². The molecule has 2 aromatic rings. The Bertz CT molecular complexity index is 1400. The van der Waals surface area contributed by atoms with Gasteiger partial charge in [-0.3, -0.25) is 14.4 Å². The summed E-state index contributed by atoms with van der Waals surface area (Å²) in [6, 6.07) is 14.3. The summed E-state index contributed by atoms with van der Waals surface area (Å²) in [6.07, 6.45) is 8.83. The van der Waals surface area contributed by atoms with Crippen molar-refractivity contribution in [3.05, 3.63) is 71.3 Å². The van der Waals surface area contributed by atoms with Gasteiger partial charge in [0.1, 0.15) is 11.6 Å². The molecule has 2 aromatic carbocycles. The van der Waals surface area contributed by atoms with Crippen LogP contribution in [0.15, 0.2) is 65.6 Å². The minimum Gasteiger partial charge on any atom is -0.359 e. The number of rotatable bonds is 8. The van der Waals surface area contributed by atoms with Gasteiger partial charge in [0.25, 0.3) is 0 Å². The Balaban J connectivity index is 1.29. The Morgan fingerprint density at radius 3 is 2.67 bits per heavy atom. The van der Waals surface area contributed by atoms with Crippen LogP contribution in [0.25, 0.3) is 0 Å². The van der Waals surface area contributed by atoms with Gasteiger partial charge in [0, 0.05) is 28.2 Å². The van der Waals surface area contributed by atoms with Crippen LogP contribution in [0.1, 0.15) is 38.7 Å². The van der Waals surface area contributed by atoms with Crippen LogP contribution in [0.5, 0.6) is 0 Å². The predicted molar refractivity (Wildman–Crippen MR) is 165 cm³/mol. The van der Waals surface area contributed by atoms with E-state index in [4.69, 9.17) is 16.3 Å². The lowest BCUT2D eigenvalue weighted by Crippen LogP contribution is -2.58. The number of nitrogens with one attached hydrogen (secondary N) is 2. The Kier molecular flexibility index (Phi) is 8.15. The van der Waals surface area contributed by atoms with Crippen LogP contribution < -0.4 is 10.6 Å². The van der Waals surface area contributed by atoms with E-state index in [1.807, 2.05) is 66.9 Å². The molecular weight excluding hydrogens is 570 g/mol. The normalized spacial score (nSPS) is 33.1. The lowest BCUT2D eigenvalue weighted by Gasteiger charge is -2.38. The van der Waals surface area contributed by atoms with Gasteiger partial charge in [-0.1, -0.05) is 68.6 Å². The van der Waals surface area contributed by atoms with E-state index < -0.39 is 29.6 Å². The smallest absolute Gasteiger partial charge is 0.246 e. The molecule has 0 aromatic heterocycles. The monoisotopic (exact) mass is 607 g/mol. The van der Waals surface area contributed by atoms with Gasteiger partial charge in [-0.15, -0.1) is 11.8 Å². The molecule has 42 heavy (non-hydrogen) atoms. The number of amides is 3. The lowest BCUT2D eigenvalue weighted by atomic mass is 9.73. The fourth-order valence-corrected chi connectivity index (χ4v) is 7.97. The second kappa shape index (κ2) is 11.7. The topological polar surface area (TPSA) is 87.7 Å². The quantitative estimate of drug-likeness (QED) is 0.313. The third-order valence-corrected chi connectivity index (χ3v) is 10.8. The van der Waals surface area contributed by atoms with Gasteiger partial charge in [-0.25, -0.2) is 0 Å². The van der Waals surface area contributed by atoms with E-state index in [1.165, 1.54) is 0 Å². The van der Waals surface area contributed by atoms with E-state index in [0.717, 1.165) is 29.7 Å². The third kappa shape index (κ3) is 5.16. The Morgan fingerprint density at radius 2 is 1.90 bits per heavy atom. The number of nitrogens with zero attached hydrogens (tertiary/aromatic N) is 1. The largest absolute Gasteiger partial charge is 0.359 e. The number of likely N-dealkylation sites (tertiary alicyclic amines) is 1. The van der Waals surface area contributed by atoms with E-state index in [0.29, 0.717) is 35.5 Å². The molecule has 2 saturated heterocycles. The van der Waals surface area contributed by atoms with Crippen LogP contribution in [0.3, 0.4) is 0 Å². The van der Waals surface area contributed by atoms with Crippen LogP contribution in [0, 0.1) is 23.7 Å². The predicted octanol–water partition coefficient (Wildman–Crippen LogP) is 5.33. The molecule has 3 amide bonds. The highest BCUT2D eigenvalue weighted by molar-refractivity contribution is 7.98. The van der Waals surface area contributed by atoms with Crippen LogP contribution in [0.4, 0.5) is 5.69 Å². The van der Waals surface area contributed by atoms with E-state index in [2.05, 4.69) is 24.5 Å². The molecule has 8 atom stereocenters. The van der Waals surface area contributed by atoms with E-state index in [9.17, 15) is 14.4 Å². The Hall–Kier alpha value is -2.81. The van der Waals surface area contributed by atoms with Crippen molar-refractivity contribution in [1.82, 2.24) is 10.2 Å². The average molecular weight is 608 g/mol. The number of fused-ring (bicyclic) bond motifs is 1. The summed E-state index contributed by atoms with van der Waals surface area (Å²) in [6.45, 7) is 4.76. The summed E-state index contributed by atoms with van der Waals surface area (Å²) in [7, 11) is 0. The SMILES string of the molecule is CSc1cccc(NC(=O)C2[C@@H]3C=CC4(O3)C(C(=O)NC3CCCC(C)C3C)N(CCc3ccc(Cl)cc3)C(=O)[C@H]24)c1. The molecule has 3 heterocycles. The van der Waals surface area contributed by atoms with Gasteiger partial charge in [0.2, 0.25) is 17.7 Å². The highest BCUT2D eigenvalue weighted by atomic mass is 35.5. The molecule has 1 aliphatic carbocycles. The number of carbonyl (C=O) groups is 3. The standard InChI is InChI=1S/C33H38ClN3O4S/c1-19-6-4-9-25(20(19)2)36-31(39)29-33-16-14-26(41-33)27(30(38)35-23-7-5-8-24(18-23)42-3)28(33)32(40)37(29)17-15-21-10-12-22(34)13-11-21/h5,7-8,10-14,16,18-20,25-29H,4,6,9,15,17H2,1-3H3,(H,35,38)(H,36,39)/t19?,20?,25?,26-,27?,28-,29?,33?/m0/s1. The zero-order valence-corrected chi connectivity index (χ0v) is 25.8. The fraction of sp³-hybridized carbons (Fsp3) is 0.485. The van der Waals surface area contributed by atoms with Crippen molar-refractivity contribution in [1.29, 1.82) is 0 Å². The molecule has 0 radical (unpaired) electrons. The highest BCUT2D eigenvalue weighted by Crippen LogP contribution is 2.55. The number of hydrogen-bond acceptors (Lipinski definition) is 5. The molecule has 6 unspecified atom stereocenters. The molecule has 3 fully saturated rings. The Labute approximate surface area is 256 Å². The maximum atomic E-state index is 14.3. The first-order valence-electron chi connectivity index (χ1n) is 14.9. The zero-order valence-electron chi connectivity index (χ0n) is 24.2. The number of ether oxygens (including phenoxy) is 1. The first-order chi connectivity index (χ1) is 20.2. The summed E-state index contributed by atoms with van der Waals surface area (Å²) in [5, 5.41) is 6.98. The van der Waals surface area contributed by atoms with Gasteiger partial charge in [-0.2, -0.15) is 0 Å². The summed E-state index contributed by atoms with van der Waals surface area (Å²) >= 11 is 7.68. The number of hydrogen-bond donors (Lipinski definition) is 2. The fourth-order valence-electron chi connectivity index (χ4n) is 7.38. The van der Waals surface area contributed by atoms with Crippen molar-refractivity contribution in [2.75, 3.05) is 18.1 Å². The van der Waals surface area contributed by atoms with Crippen molar-refractivity contribution in [3.8, 4) is 0 Å². The summed E-state index contributed by atoms with van der Waals surface area (Å²) in [4.78, 5) is 44.9. The van der Waals surface area contributed by atoms with Gasteiger partial charge < -0.3 is 20.3 Å². The molecule has 4 aliphatic rings. The van der Waals surface area contributed by atoms with Crippen LogP contribution in [-0.2, 0) is 25.5 Å². The molecule has 3 aliphatic heterocycles. The molecular formula is C33H38ClN3O4S. The minimum absolute atomic E-state index is 0.0373. The van der Waals surface area contributed by atoms with Gasteiger partial charge in [-0.05, 0) is 66.8 Å². The molecule has 2 bridgehead atoms. The first-order valence-corrected chi connectivity index (χ1v) is 16.5. The maximum Gasteiger partial charge on any atom is 0.246 e. The number of thioether (sulfide) groups is 1. The molecule has 222 valence electrons. The summed E-state index contributed by atoms with van der Waals surface area (Å²) < 4.78 is 6.52. The summed E-state index contributed by atoms with van der Waals surface area (Å²) in [5.74, 6) is -1.34. The first kappa shape index (κ1) is 29.3. The molecule has 9 heteroatoms. The number of halogens is 1. The van der Waals surface area contributed by atoms with Gasteiger partial charge >= 0.3 is 0 Å². The van der Waals surface area contributed by atoms with Gasteiger partial charge in [0.05, 0.1) is 17.9 Å². The molecule has 2 N–H and O–H groups in total.